The Morgan fingerprint density at radius 2 is 2.08 bits per heavy atom. The molecule has 2 aliphatic carbocycles. The van der Waals surface area contributed by atoms with Gasteiger partial charge in [-0.15, -0.1) is 0 Å². The van der Waals surface area contributed by atoms with E-state index in [4.69, 9.17) is 4.74 Å². The normalized spacial score (nSPS) is 45.2. The maximum Gasteiger partial charge on any atom is 0.0827 e. The van der Waals surface area contributed by atoms with Gasteiger partial charge in [0, 0.05) is 19.0 Å². The van der Waals surface area contributed by atoms with Crippen LogP contribution in [0.5, 0.6) is 0 Å². The van der Waals surface area contributed by atoms with Crippen LogP contribution in [0.15, 0.2) is 12.2 Å². The number of ether oxygens (including phenoxy) is 1. The molecular weight excluding hydrogens is 150 g/mol. The lowest BCUT2D eigenvalue weighted by Crippen LogP contribution is -2.50. The molecule has 0 spiro atoms. The number of nitrogens with one attached hydrogen (secondary N) is 1. The second-order valence-corrected chi connectivity index (χ2v) is 4.24. The standard InChI is InChI=1S/C10H15NO/c1-2-8-3-7(1)4-10(8)12-9-5-11-6-9/h1-2,7-11H,3-6H2. The van der Waals surface area contributed by atoms with Gasteiger partial charge in [-0.1, -0.05) is 12.2 Å². The molecule has 3 rings (SSSR count). The van der Waals surface area contributed by atoms with Crippen molar-refractivity contribution in [1.29, 1.82) is 0 Å². The summed E-state index contributed by atoms with van der Waals surface area (Å²) < 4.78 is 5.97. The number of rotatable bonds is 2. The van der Waals surface area contributed by atoms with Gasteiger partial charge in [-0.2, -0.15) is 0 Å². The van der Waals surface area contributed by atoms with Crippen molar-refractivity contribution in [3.8, 4) is 0 Å². The van der Waals surface area contributed by atoms with Gasteiger partial charge in [0.2, 0.25) is 0 Å². The molecule has 66 valence electrons. The molecule has 1 saturated carbocycles. The van der Waals surface area contributed by atoms with Gasteiger partial charge in [-0.25, -0.2) is 0 Å². The summed E-state index contributed by atoms with van der Waals surface area (Å²) in [5.41, 5.74) is 0. The van der Waals surface area contributed by atoms with Crippen molar-refractivity contribution in [2.24, 2.45) is 11.8 Å². The Kier molecular flexibility index (Phi) is 1.52. The van der Waals surface area contributed by atoms with Gasteiger partial charge >= 0.3 is 0 Å². The third-order valence-corrected chi connectivity index (χ3v) is 3.33. The predicted molar refractivity (Wildman–Crippen MR) is 46.9 cm³/mol. The SMILES string of the molecule is C1=CC2CC1CC2OC1CNC1. The Labute approximate surface area is 73.0 Å². The molecule has 2 heteroatoms. The van der Waals surface area contributed by atoms with E-state index >= 15 is 0 Å². The molecule has 12 heavy (non-hydrogen) atoms. The van der Waals surface area contributed by atoms with E-state index in [2.05, 4.69) is 17.5 Å². The fourth-order valence-electron chi connectivity index (χ4n) is 2.49. The molecule has 0 aromatic rings. The molecule has 3 atom stereocenters. The molecule has 1 aliphatic heterocycles. The molecular formula is C10H15NO. The lowest BCUT2D eigenvalue weighted by atomic mass is 10.0. The van der Waals surface area contributed by atoms with E-state index < -0.39 is 0 Å². The Balaban J connectivity index is 1.60. The highest BCUT2D eigenvalue weighted by molar-refractivity contribution is 5.11. The van der Waals surface area contributed by atoms with Crippen LogP contribution in [0.25, 0.3) is 0 Å². The Hall–Kier alpha value is -0.340. The molecule has 0 aromatic carbocycles. The first-order valence-electron chi connectivity index (χ1n) is 4.96. The lowest BCUT2D eigenvalue weighted by molar-refractivity contribution is -0.0479. The molecule has 0 aromatic heterocycles. The van der Waals surface area contributed by atoms with Crippen molar-refractivity contribution in [3.05, 3.63) is 12.2 Å². The topological polar surface area (TPSA) is 21.3 Å². The van der Waals surface area contributed by atoms with Crippen molar-refractivity contribution >= 4 is 0 Å². The minimum Gasteiger partial charge on any atom is -0.372 e. The second-order valence-electron chi connectivity index (χ2n) is 4.24. The van der Waals surface area contributed by atoms with Gasteiger partial charge in [0.1, 0.15) is 0 Å². The molecule has 1 N–H and O–H groups in total. The van der Waals surface area contributed by atoms with Crippen molar-refractivity contribution in [2.75, 3.05) is 13.1 Å². The second kappa shape index (κ2) is 2.57. The molecule has 2 nitrogen and oxygen atoms in total. The number of hydrogen-bond acceptors (Lipinski definition) is 2. The quantitative estimate of drug-likeness (QED) is 0.615. The Morgan fingerprint density at radius 3 is 2.58 bits per heavy atom. The van der Waals surface area contributed by atoms with Gasteiger partial charge in [0.25, 0.3) is 0 Å². The summed E-state index contributed by atoms with van der Waals surface area (Å²) in [6.45, 7) is 2.13. The van der Waals surface area contributed by atoms with E-state index in [1.54, 1.807) is 0 Å². The third kappa shape index (κ3) is 1.02. The van der Waals surface area contributed by atoms with E-state index in [0.29, 0.717) is 12.2 Å². The highest BCUT2D eigenvalue weighted by atomic mass is 16.5. The smallest absolute Gasteiger partial charge is 0.0827 e. The van der Waals surface area contributed by atoms with Crippen LogP contribution in [0.2, 0.25) is 0 Å². The Bertz CT molecular complexity index is 210. The average Bonchev–Trinajstić information content (AvgIpc) is 2.56. The van der Waals surface area contributed by atoms with Gasteiger partial charge in [-0.05, 0) is 18.8 Å². The molecule has 3 unspecified atom stereocenters. The predicted octanol–water partition coefficient (Wildman–Crippen LogP) is 0.939. The highest BCUT2D eigenvalue weighted by Crippen LogP contribution is 2.41. The van der Waals surface area contributed by atoms with Crippen molar-refractivity contribution in [1.82, 2.24) is 5.32 Å². The monoisotopic (exact) mass is 165 g/mol. The van der Waals surface area contributed by atoms with Crippen LogP contribution >= 0.6 is 0 Å². The first kappa shape index (κ1) is 7.10. The van der Waals surface area contributed by atoms with Crippen molar-refractivity contribution < 1.29 is 4.74 Å². The van der Waals surface area contributed by atoms with Crippen LogP contribution in [0.3, 0.4) is 0 Å². The van der Waals surface area contributed by atoms with Crippen LogP contribution < -0.4 is 5.32 Å². The Morgan fingerprint density at radius 1 is 1.17 bits per heavy atom. The van der Waals surface area contributed by atoms with Gasteiger partial charge in [0.15, 0.2) is 0 Å². The zero-order chi connectivity index (χ0) is 7.97. The maximum atomic E-state index is 5.97. The van der Waals surface area contributed by atoms with E-state index in [0.717, 1.165) is 24.9 Å². The zero-order valence-corrected chi connectivity index (χ0v) is 7.20. The molecule has 0 amide bonds. The minimum atomic E-state index is 0.516. The number of fused-ring (bicyclic) bond motifs is 2. The van der Waals surface area contributed by atoms with E-state index in [-0.39, 0.29) is 0 Å². The number of hydrogen-bond donors (Lipinski definition) is 1. The van der Waals surface area contributed by atoms with Gasteiger partial charge in [0.05, 0.1) is 12.2 Å². The summed E-state index contributed by atoms with van der Waals surface area (Å²) in [7, 11) is 0. The van der Waals surface area contributed by atoms with Crippen LogP contribution in [-0.4, -0.2) is 25.3 Å². The number of allylic oxidation sites excluding steroid dienone is 1. The molecule has 1 heterocycles. The van der Waals surface area contributed by atoms with Crippen LogP contribution in [-0.2, 0) is 4.74 Å². The summed E-state index contributed by atoms with van der Waals surface area (Å²) in [5.74, 6) is 1.59. The van der Waals surface area contributed by atoms with Crippen LogP contribution in [0, 0.1) is 11.8 Å². The average molecular weight is 165 g/mol. The third-order valence-electron chi connectivity index (χ3n) is 3.33. The van der Waals surface area contributed by atoms with Crippen molar-refractivity contribution in [2.45, 2.75) is 25.0 Å². The molecule has 3 aliphatic rings. The summed E-state index contributed by atoms with van der Waals surface area (Å²) >= 11 is 0. The van der Waals surface area contributed by atoms with E-state index in [1.807, 2.05) is 0 Å². The summed E-state index contributed by atoms with van der Waals surface area (Å²) in [4.78, 5) is 0. The first-order valence-corrected chi connectivity index (χ1v) is 4.96. The summed E-state index contributed by atoms with van der Waals surface area (Å²) in [6.07, 6.45) is 8.41. The molecule has 2 bridgehead atoms. The van der Waals surface area contributed by atoms with Crippen molar-refractivity contribution in [3.63, 3.8) is 0 Å². The van der Waals surface area contributed by atoms with Gasteiger partial charge in [-0.3, -0.25) is 0 Å². The summed E-state index contributed by atoms with van der Waals surface area (Å²) in [6, 6.07) is 0. The largest absolute Gasteiger partial charge is 0.372 e. The van der Waals surface area contributed by atoms with Crippen LogP contribution in [0.1, 0.15) is 12.8 Å². The zero-order valence-electron chi connectivity index (χ0n) is 7.20. The van der Waals surface area contributed by atoms with Gasteiger partial charge < -0.3 is 10.1 Å². The molecule has 2 fully saturated rings. The van der Waals surface area contributed by atoms with E-state index in [9.17, 15) is 0 Å². The summed E-state index contributed by atoms with van der Waals surface area (Å²) in [5, 5.41) is 3.24. The van der Waals surface area contributed by atoms with Crippen LogP contribution in [0.4, 0.5) is 0 Å². The maximum absolute atomic E-state index is 5.97. The molecule has 0 radical (unpaired) electrons. The first-order chi connectivity index (χ1) is 5.92. The molecule has 1 saturated heterocycles. The highest BCUT2D eigenvalue weighted by Gasteiger charge is 2.38. The minimum absolute atomic E-state index is 0.516. The fourth-order valence-corrected chi connectivity index (χ4v) is 2.49. The lowest BCUT2D eigenvalue weighted by Gasteiger charge is -2.32. The fraction of sp³-hybridized carbons (Fsp3) is 0.800. The van der Waals surface area contributed by atoms with E-state index in [1.165, 1.54) is 12.8 Å².